The van der Waals surface area contributed by atoms with E-state index in [0.717, 1.165) is 0 Å². The van der Waals surface area contributed by atoms with Crippen molar-refractivity contribution in [2.75, 3.05) is 20.6 Å². The number of hydrogen-bond donors (Lipinski definition) is 4. The van der Waals surface area contributed by atoms with Crippen LogP contribution in [0.5, 0.6) is 0 Å². The van der Waals surface area contributed by atoms with E-state index in [4.69, 9.17) is 5.73 Å². The lowest BCUT2D eigenvalue weighted by Crippen LogP contribution is -2.48. The zero-order valence-electron chi connectivity index (χ0n) is 6.27. The standard InChI is InChI=1S/C5H14N4S/c1-7-4(8-2)3-9-5(6)10/h4,7-8H,3H2,1-2H3,(H3,6,9,10). The Kier molecular flexibility index (Phi) is 5.19. The third kappa shape index (κ3) is 4.49. The fraction of sp³-hybridized carbons (Fsp3) is 0.800. The van der Waals surface area contributed by atoms with E-state index >= 15 is 0 Å². The maximum absolute atomic E-state index is 5.21. The molecule has 0 radical (unpaired) electrons. The first-order valence-corrected chi connectivity index (χ1v) is 3.49. The highest BCUT2D eigenvalue weighted by atomic mass is 32.1. The predicted octanol–water partition coefficient (Wildman–Crippen LogP) is -1.42. The van der Waals surface area contributed by atoms with E-state index in [1.807, 2.05) is 14.1 Å². The number of nitrogens with two attached hydrogens (primary N) is 1. The summed E-state index contributed by atoms with van der Waals surface area (Å²) >= 11 is 4.62. The van der Waals surface area contributed by atoms with Crippen molar-refractivity contribution in [3.05, 3.63) is 0 Å². The lowest BCUT2D eigenvalue weighted by atomic mass is 10.5. The van der Waals surface area contributed by atoms with Gasteiger partial charge in [-0.25, -0.2) is 0 Å². The molecule has 4 nitrogen and oxygen atoms in total. The van der Waals surface area contributed by atoms with Gasteiger partial charge in [-0.15, -0.1) is 0 Å². The van der Waals surface area contributed by atoms with Crippen LogP contribution in [0.4, 0.5) is 0 Å². The maximum Gasteiger partial charge on any atom is 0.163 e. The molecule has 0 amide bonds. The molecule has 0 spiro atoms. The molecule has 0 heterocycles. The number of rotatable bonds is 4. The van der Waals surface area contributed by atoms with Crippen molar-refractivity contribution in [3.8, 4) is 0 Å². The van der Waals surface area contributed by atoms with E-state index in [0.29, 0.717) is 11.7 Å². The molecule has 0 unspecified atom stereocenters. The second-order valence-electron chi connectivity index (χ2n) is 1.88. The molecule has 0 rings (SSSR count). The van der Waals surface area contributed by atoms with Crippen LogP contribution in [0.1, 0.15) is 0 Å². The van der Waals surface area contributed by atoms with E-state index < -0.39 is 0 Å². The third-order valence-corrected chi connectivity index (χ3v) is 1.32. The van der Waals surface area contributed by atoms with Crippen LogP contribution in [0.25, 0.3) is 0 Å². The molecule has 0 aromatic carbocycles. The first-order chi connectivity index (χ1) is 4.70. The van der Waals surface area contributed by atoms with Crippen molar-refractivity contribution >= 4 is 17.3 Å². The van der Waals surface area contributed by atoms with Crippen LogP contribution in [0.2, 0.25) is 0 Å². The summed E-state index contributed by atoms with van der Waals surface area (Å²) in [4.78, 5) is 0. The van der Waals surface area contributed by atoms with Crippen molar-refractivity contribution < 1.29 is 0 Å². The molecule has 10 heavy (non-hydrogen) atoms. The molecule has 60 valence electrons. The largest absolute Gasteiger partial charge is 0.376 e. The lowest BCUT2D eigenvalue weighted by molar-refractivity contribution is 0.488. The minimum Gasteiger partial charge on any atom is -0.376 e. The molecule has 0 bridgehead atoms. The zero-order chi connectivity index (χ0) is 7.98. The third-order valence-electron chi connectivity index (χ3n) is 1.18. The van der Waals surface area contributed by atoms with Crippen LogP contribution in [-0.4, -0.2) is 31.9 Å². The first kappa shape index (κ1) is 9.61. The molecule has 0 aromatic heterocycles. The minimum absolute atomic E-state index is 0.210. The number of nitrogens with one attached hydrogen (secondary N) is 3. The summed E-state index contributed by atoms with van der Waals surface area (Å²) in [6.45, 7) is 0.697. The first-order valence-electron chi connectivity index (χ1n) is 3.08. The Morgan fingerprint density at radius 2 is 2.00 bits per heavy atom. The molecule has 0 aliphatic rings. The second-order valence-corrected chi connectivity index (χ2v) is 2.31. The molecule has 0 fully saturated rings. The van der Waals surface area contributed by atoms with Gasteiger partial charge in [0.05, 0.1) is 6.17 Å². The molecule has 0 saturated carbocycles. The van der Waals surface area contributed by atoms with Crippen molar-refractivity contribution in [1.82, 2.24) is 16.0 Å². The molecular formula is C5H14N4S. The molecular weight excluding hydrogens is 148 g/mol. The second kappa shape index (κ2) is 5.40. The molecule has 0 aromatic rings. The van der Waals surface area contributed by atoms with Crippen LogP contribution >= 0.6 is 12.2 Å². The molecule has 0 atom stereocenters. The van der Waals surface area contributed by atoms with Gasteiger partial charge in [0.15, 0.2) is 5.11 Å². The summed E-state index contributed by atoms with van der Waals surface area (Å²) < 4.78 is 0. The van der Waals surface area contributed by atoms with Gasteiger partial charge in [0.1, 0.15) is 0 Å². The summed E-state index contributed by atoms with van der Waals surface area (Å²) in [7, 11) is 3.73. The predicted molar refractivity (Wildman–Crippen MR) is 46.7 cm³/mol. The van der Waals surface area contributed by atoms with Crippen LogP contribution < -0.4 is 21.7 Å². The number of likely N-dealkylation sites (N-methyl/N-ethyl adjacent to an activating group) is 2. The molecule has 5 N–H and O–H groups in total. The van der Waals surface area contributed by atoms with Gasteiger partial charge in [-0.2, -0.15) is 0 Å². The lowest BCUT2D eigenvalue weighted by Gasteiger charge is -2.15. The highest BCUT2D eigenvalue weighted by Gasteiger charge is 1.99. The average molecular weight is 162 g/mol. The SMILES string of the molecule is CNC(CNC(N)=S)NC. The minimum atomic E-state index is 0.210. The van der Waals surface area contributed by atoms with Crippen molar-refractivity contribution in [3.63, 3.8) is 0 Å². The van der Waals surface area contributed by atoms with E-state index in [1.54, 1.807) is 0 Å². The highest BCUT2D eigenvalue weighted by Crippen LogP contribution is 1.69. The quantitative estimate of drug-likeness (QED) is 0.302. The Bertz CT molecular complexity index is 102. The van der Waals surface area contributed by atoms with Crippen molar-refractivity contribution in [2.45, 2.75) is 6.17 Å². The van der Waals surface area contributed by atoms with E-state index in [9.17, 15) is 0 Å². The van der Waals surface area contributed by atoms with Gasteiger partial charge >= 0.3 is 0 Å². The average Bonchev–Trinajstić information content (AvgIpc) is 1.90. The molecule has 5 heteroatoms. The Morgan fingerprint density at radius 1 is 1.50 bits per heavy atom. The zero-order valence-corrected chi connectivity index (χ0v) is 7.09. The van der Waals surface area contributed by atoms with E-state index in [-0.39, 0.29) is 6.17 Å². The van der Waals surface area contributed by atoms with Gasteiger partial charge in [-0.1, -0.05) is 0 Å². The number of thiocarbonyl (C=S) groups is 1. The van der Waals surface area contributed by atoms with Crippen molar-refractivity contribution in [1.29, 1.82) is 0 Å². The van der Waals surface area contributed by atoms with Crippen molar-refractivity contribution in [2.24, 2.45) is 5.73 Å². The summed E-state index contributed by atoms with van der Waals surface area (Å²) in [5.41, 5.74) is 5.21. The monoisotopic (exact) mass is 162 g/mol. The fourth-order valence-corrected chi connectivity index (χ4v) is 0.634. The van der Waals surface area contributed by atoms with Gasteiger partial charge in [-0.05, 0) is 26.3 Å². The highest BCUT2D eigenvalue weighted by molar-refractivity contribution is 7.80. The maximum atomic E-state index is 5.21. The Morgan fingerprint density at radius 3 is 2.30 bits per heavy atom. The summed E-state index contributed by atoms with van der Waals surface area (Å²) in [5, 5.41) is 9.20. The molecule has 0 saturated heterocycles. The molecule has 0 aliphatic heterocycles. The molecule has 0 aliphatic carbocycles. The van der Waals surface area contributed by atoms with Crippen LogP contribution in [-0.2, 0) is 0 Å². The fourth-order valence-electron chi connectivity index (χ4n) is 0.551. The number of hydrogen-bond acceptors (Lipinski definition) is 3. The van der Waals surface area contributed by atoms with Crippen LogP contribution in [0, 0.1) is 0 Å². The van der Waals surface area contributed by atoms with Crippen LogP contribution in [0.3, 0.4) is 0 Å². The van der Waals surface area contributed by atoms with Gasteiger partial charge < -0.3 is 21.7 Å². The summed E-state index contributed by atoms with van der Waals surface area (Å²) in [5.74, 6) is 0. The van der Waals surface area contributed by atoms with Gasteiger partial charge in [0.2, 0.25) is 0 Å². The van der Waals surface area contributed by atoms with Crippen LogP contribution in [0.15, 0.2) is 0 Å². The Balaban J connectivity index is 3.34. The van der Waals surface area contributed by atoms with Gasteiger partial charge in [-0.3, -0.25) is 0 Å². The summed E-state index contributed by atoms with van der Waals surface area (Å²) in [6, 6.07) is 0. The van der Waals surface area contributed by atoms with Gasteiger partial charge in [0.25, 0.3) is 0 Å². The normalized spacial score (nSPS) is 9.90. The van der Waals surface area contributed by atoms with E-state index in [2.05, 4.69) is 28.2 Å². The Labute approximate surface area is 66.5 Å². The van der Waals surface area contributed by atoms with E-state index in [1.165, 1.54) is 0 Å². The topological polar surface area (TPSA) is 62.1 Å². The smallest absolute Gasteiger partial charge is 0.163 e. The summed E-state index contributed by atoms with van der Waals surface area (Å²) in [6.07, 6.45) is 0.210. The van der Waals surface area contributed by atoms with Gasteiger partial charge in [0, 0.05) is 6.54 Å². The Hall–Kier alpha value is -0.390.